The maximum Gasteiger partial charge on any atom is 0.248 e. The second-order valence-corrected chi connectivity index (χ2v) is 8.29. The third kappa shape index (κ3) is 4.21. The average Bonchev–Trinajstić information content (AvgIpc) is 3.34. The molecule has 2 aromatic carbocycles. The van der Waals surface area contributed by atoms with Gasteiger partial charge in [-0.25, -0.2) is 0 Å². The molecule has 0 saturated carbocycles. The summed E-state index contributed by atoms with van der Waals surface area (Å²) >= 11 is 6.48. The van der Waals surface area contributed by atoms with Gasteiger partial charge in [0.25, 0.3) is 0 Å². The van der Waals surface area contributed by atoms with Crippen LogP contribution < -0.4 is 10.1 Å². The minimum Gasteiger partial charge on any atom is -0.493 e. The van der Waals surface area contributed by atoms with E-state index in [-0.39, 0.29) is 5.91 Å². The number of aromatic nitrogens is 3. The van der Waals surface area contributed by atoms with Gasteiger partial charge in [-0.3, -0.25) is 4.79 Å². The molecule has 1 amide bonds. The van der Waals surface area contributed by atoms with Crippen molar-refractivity contribution < 1.29 is 9.53 Å². The van der Waals surface area contributed by atoms with Gasteiger partial charge in [0.05, 0.1) is 11.6 Å². The number of hydrogen-bond acceptors (Lipinski definition) is 4. The third-order valence-corrected chi connectivity index (χ3v) is 6.05. The third-order valence-electron chi connectivity index (χ3n) is 5.72. The second-order valence-electron chi connectivity index (χ2n) is 7.88. The van der Waals surface area contributed by atoms with E-state index in [9.17, 15) is 4.79 Å². The highest BCUT2D eigenvalue weighted by Gasteiger charge is 2.18. The number of amides is 1. The summed E-state index contributed by atoms with van der Waals surface area (Å²) in [7, 11) is 0. The molecule has 7 heteroatoms. The van der Waals surface area contributed by atoms with Crippen molar-refractivity contribution in [3.05, 3.63) is 64.4 Å². The van der Waals surface area contributed by atoms with E-state index in [4.69, 9.17) is 16.3 Å². The van der Waals surface area contributed by atoms with E-state index < -0.39 is 0 Å². The molecule has 0 aliphatic carbocycles. The quantitative estimate of drug-likeness (QED) is 0.592. The van der Waals surface area contributed by atoms with Crippen molar-refractivity contribution in [1.82, 2.24) is 14.8 Å². The summed E-state index contributed by atoms with van der Waals surface area (Å²) < 4.78 is 7.68. The highest BCUT2D eigenvalue weighted by atomic mass is 35.5. The number of ether oxygens (including phenoxy) is 1. The van der Waals surface area contributed by atoms with Gasteiger partial charge in [0.1, 0.15) is 11.6 Å². The topological polar surface area (TPSA) is 69.0 Å². The molecule has 3 heterocycles. The van der Waals surface area contributed by atoms with E-state index >= 15 is 0 Å². The van der Waals surface area contributed by atoms with E-state index in [0.29, 0.717) is 10.7 Å². The summed E-state index contributed by atoms with van der Waals surface area (Å²) in [4.78, 5) is 12.5. The fraction of sp³-hybridized carbons (Fsp3) is 0.292. The molecule has 0 bridgehead atoms. The zero-order valence-electron chi connectivity index (χ0n) is 17.1. The van der Waals surface area contributed by atoms with Crippen LogP contribution >= 0.6 is 11.6 Å². The van der Waals surface area contributed by atoms with Gasteiger partial charge in [-0.1, -0.05) is 24.1 Å². The molecule has 6 nitrogen and oxygen atoms in total. The summed E-state index contributed by atoms with van der Waals surface area (Å²) in [6, 6.07) is 11.4. The van der Waals surface area contributed by atoms with Gasteiger partial charge in [-0.2, -0.15) is 0 Å². The van der Waals surface area contributed by atoms with Gasteiger partial charge in [-0.15, -0.1) is 10.2 Å². The van der Waals surface area contributed by atoms with Crippen molar-refractivity contribution >= 4 is 29.3 Å². The maximum atomic E-state index is 12.5. The molecule has 158 valence electrons. The summed E-state index contributed by atoms with van der Waals surface area (Å²) in [6.07, 6.45) is 8.61. The zero-order valence-corrected chi connectivity index (χ0v) is 17.9. The highest BCUT2D eigenvalue weighted by Crippen LogP contribution is 2.31. The fourth-order valence-electron chi connectivity index (χ4n) is 4.12. The smallest absolute Gasteiger partial charge is 0.248 e. The number of carbonyl (C=O) groups excluding carboxylic acids is 1. The number of nitrogens with zero attached hydrogens (tertiary/aromatic N) is 3. The van der Waals surface area contributed by atoms with Gasteiger partial charge in [0.15, 0.2) is 5.82 Å². The van der Waals surface area contributed by atoms with Crippen LogP contribution in [0, 0.1) is 0 Å². The fourth-order valence-corrected chi connectivity index (χ4v) is 4.33. The number of aryl methyl sites for hydroxylation is 1. The van der Waals surface area contributed by atoms with Crippen molar-refractivity contribution in [3.63, 3.8) is 0 Å². The number of fused-ring (bicyclic) bond motifs is 2. The van der Waals surface area contributed by atoms with Crippen molar-refractivity contribution in [2.45, 2.75) is 38.6 Å². The maximum absolute atomic E-state index is 12.5. The Labute approximate surface area is 185 Å². The van der Waals surface area contributed by atoms with E-state index in [0.717, 1.165) is 67.4 Å². The average molecular weight is 435 g/mol. The Morgan fingerprint density at radius 2 is 2.03 bits per heavy atom. The van der Waals surface area contributed by atoms with Crippen LogP contribution in [0.15, 0.2) is 42.5 Å². The first-order valence-corrected chi connectivity index (χ1v) is 11.0. The Bertz CT molecular complexity index is 1170. The van der Waals surface area contributed by atoms with E-state index in [2.05, 4.69) is 26.1 Å². The van der Waals surface area contributed by atoms with Crippen molar-refractivity contribution in [2.24, 2.45) is 0 Å². The Kier molecular flexibility index (Phi) is 5.47. The lowest BCUT2D eigenvalue weighted by Gasteiger charge is -2.10. The Morgan fingerprint density at radius 3 is 2.97 bits per heavy atom. The molecular weight excluding hydrogens is 412 g/mol. The number of hydrogen-bond donors (Lipinski definition) is 1. The van der Waals surface area contributed by atoms with Crippen LogP contribution in [0.5, 0.6) is 5.75 Å². The summed E-state index contributed by atoms with van der Waals surface area (Å²) in [5.74, 6) is 2.49. The lowest BCUT2D eigenvalue weighted by Crippen LogP contribution is -2.08. The number of carbonyl (C=O) groups is 1. The highest BCUT2D eigenvalue weighted by molar-refractivity contribution is 6.33. The van der Waals surface area contributed by atoms with Gasteiger partial charge in [0.2, 0.25) is 5.91 Å². The van der Waals surface area contributed by atoms with Crippen LogP contribution in [0.3, 0.4) is 0 Å². The standard InChI is InChI=1S/C24H23ClN4O2/c25-20-8-7-18(15-19(20)24-28-27-22-4-2-1-3-12-29(22)24)26-23(30)10-6-16-5-9-21-17(14-16)11-13-31-21/h5-10,14-15H,1-4,11-13H2,(H,26,30)/b10-6+. The lowest BCUT2D eigenvalue weighted by molar-refractivity contribution is -0.111. The lowest BCUT2D eigenvalue weighted by atomic mass is 10.1. The van der Waals surface area contributed by atoms with Crippen LogP contribution in [0.1, 0.15) is 36.2 Å². The number of anilines is 1. The molecule has 31 heavy (non-hydrogen) atoms. The summed E-state index contributed by atoms with van der Waals surface area (Å²) in [5, 5.41) is 12.3. The molecule has 0 unspecified atom stereocenters. The molecule has 2 aliphatic heterocycles. The predicted octanol–water partition coefficient (Wildman–Crippen LogP) is 4.91. The number of benzene rings is 2. The van der Waals surface area contributed by atoms with Gasteiger partial charge in [-0.05, 0) is 60.4 Å². The molecule has 0 saturated heterocycles. The van der Waals surface area contributed by atoms with Gasteiger partial charge >= 0.3 is 0 Å². The zero-order chi connectivity index (χ0) is 21.2. The normalized spacial score (nSPS) is 15.3. The Hall–Kier alpha value is -3.12. The Balaban J connectivity index is 1.34. The van der Waals surface area contributed by atoms with Gasteiger partial charge in [0, 0.05) is 36.7 Å². The monoisotopic (exact) mass is 434 g/mol. The molecule has 1 aromatic heterocycles. The Morgan fingerprint density at radius 1 is 1.10 bits per heavy atom. The molecule has 0 radical (unpaired) electrons. The molecule has 5 rings (SSSR count). The molecule has 0 atom stereocenters. The van der Waals surface area contributed by atoms with E-state index in [1.807, 2.05) is 24.3 Å². The second kappa shape index (κ2) is 8.55. The van der Waals surface area contributed by atoms with Crippen molar-refractivity contribution in [2.75, 3.05) is 11.9 Å². The minimum absolute atomic E-state index is 0.204. The summed E-state index contributed by atoms with van der Waals surface area (Å²) in [5.41, 5.74) is 3.60. The number of rotatable bonds is 4. The molecular formula is C24H23ClN4O2. The van der Waals surface area contributed by atoms with Crippen LogP contribution in [-0.4, -0.2) is 27.3 Å². The van der Waals surface area contributed by atoms with E-state index in [1.54, 1.807) is 12.1 Å². The predicted molar refractivity (Wildman–Crippen MR) is 121 cm³/mol. The first kappa shape index (κ1) is 19.8. The van der Waals surface area contributed by atoms with E-state index in [1.165, 1.54) is 18.1 Å². The SMILES string of the molecule is O=C(/C=C/c1ccc2c(c1)CCO2)Nc1ccc(Cl)c(-c2nnc3n2CCCCC3)c1. The first-order valence-electron chi connectivity index (χ1n) is 10.6. The summed E-state index contributed by atoms with van der Waals surface area (Å²) in [6.45, 7) is 1.61. The molecule has 3 aromatic rings. The molecule has 2 aliphatic rings. The van der Waals surface area contributed by atoms with Crippen LogP contribution in [-0.2, 0) is 24.2 Å². The molecule has 0 fully saturated rings. The van der Waals surface area contributed by atoms with Crippen molar-refractivity contribution in [1.29, 1.82) is 0 Å². The van der Waals surface area contributed by atoms with Gasteiger partial charge < -0.3 is 14.6 Å². The van der Waals surface area contributed by atoms with Crippen LogP contribution in [0.4, 0.5) is 5.69 Å². The minimum atomic E-state index is -0.204. The largest absolute Gasteiger partial charge is 0.493 e. The molecule has 0 spiro atoms. The molecule has 1 N–H and O–H groups in total. The number of halogens is 1. The van der Waals surface area contributed by atoms with Crippen LogP contribution in [0.25, 0.3) is 17.5 Å². The van der Waals surface area contributed by atoms with Crippen LogP contribution in [0.2, 0.25) is 5.02 Å². The number of nitrogens with one attached hydrogen (secondary N) is 1. The first-order chi connectivity index (χ1) is 15.2. The van der Waals surface area contributed by atoms with Crippen molar-refractivity contribution in [3.8, 4) is 17.1 Å².